The van der Waals surface area contributed by atoms with E-state index >= 15 is 0 Å². The molecule has 0 N–H and O–H groups in total. The minimum absolute atomic E-state index is 0.0854. The van der Waals surface area contributed by atoms with Gasteiger partial charge in [-0.2, -0.15) is 13.2 Å². The lowest BCUT2D eigenvalue weighted by Gasteiger charge is -2.14. The first-order valence-corrected chi connectivity index (χ1v) is 6.45. The lowest BCUT2D eigenvalue weighted by Crippen LogP contribution is -2.14. The number of benzene rings is 1. The van der Waals surface area contributed by atoms with Gasteiger partial charge in [0.15, 0.2) is 5.78 Å². The number of Topliss-reactive ketones (excluding diaryl/α,β-unsaturated/α-hetero) is 1. The van der Waals surface area contributed by atoms with Gasteiger partial charge in [0.2, 0.25) is 0 Å². The van der Waals surface area contributed by atoms with Crippen molar-refractivity contribution in [2.75, 3.05) is 0 Å². The molecular formula is C13H14BrF3O. The number of halogens is 4. The van der Waals surface area contributed by atoms with Crippen molar-refractivity contribution in [1.29, 1.82) is 0 Å². The van der Waals surface area contributed by atoms with Crippen LogP contribution in [0.4, 0.5) is 13.2 Å². The highest BCUT2D eigenvalue weighted by molar-refractivity contribution is 9.10. The average molecular weight is 323 g/mol. The van der Waals surface area contributed by atoms with Crippen molar-refractivity contribution in [3.05, 3.63) is 33.8 Å². The maximum atomic E-state index is 12.8. The van der Waals surface area contributed by atoms with E-state index in [0.717, 1.165) is 12.5 Å². The van der Waals surface area contributed by atoms with Crippen LogP contribution < -0.4 is 0 Å². The van der Waals surface area contributed by atoms with E-state index in [1.165, 1.54) is 12.1 Å². The van der Waals surface area contributed by atoms with E-state index in [9.17, 15) is 18.0 Å². The standard InChI is InChI=1S/C13H14BrF3O/c1-3-8(2)6-12(18)10-5-4-9(14)7-11(10)13(15,16)17/h4-5,7-8H,3,6H2,1-2H3. The van der Waals surface area contributed by atoms with Crippen LogP contribution in [0.3, 0.4) is 0 Å². The van der Waals surface area contributed by atoms with Crippen molar-refractivity contribution in [3.8, 4) is 0 Å². The molecule has 0 saturated carbocycles. The van der Waals surface area contributed by atoms with Crippen LogP contribution in [0.15, 0.2) is 22.7 Å². The van der Waals surface area contributed by atoms with Gasteiger partial charge in [0, 0.05) is 16.5 Å². The molecule has 0 aromatic heterocycles. The van der Waals surface area contributed by atoms with Crippen LogP contribution in [0.25, 0.3) is 0 Å². The fourth-order valence-corrected chi connectivity index (χ4v) is 1.93. The van der Waals surface area contributed by atoms with Gasteiger partial charge in [-0.05, 0) is 24.1 Å². The number of rotatable bonds is 4. The zero-order chi connectivity index (χ0) is 13.9. The molecule has 5 heteroatoms. The smallest absolute Gasteiger partial charge is 0.294 e. The Morgan fingerprint density at radius 3 is 2.50 bits per heavy atom. The molecule has 0 bridgehead atoms. The summed E-state index contributed by atoms with van der Waals surface area (Å²) in [6.07, 6.45) is -3.60. The highest BCUT2D eigenvalue weighted by Gasteiger charge is 2.35. The molecular weight excluding hydrogens is 309 g/mol. The van der Waals surface area contributed by atoms with E-state index in [1.54, 1.807) is 0 Å². The number of carbonyl (C=O) groups is 1. The van der Waals surface area contributed by atoms with Crippen LogP contribution in [-0.2, 0) is 6.18 Å². The zero-order valence-corrected chi connectivity index (χ0v) is 11.7. The van der Waals surface area contributed by atoms with Crippen molar-refractivity contribution < 1.29 is 18.0 Å². The fraction of sp³-hybridized carbons (Fsp3) is 0.462. The molecule has 0 radical (unpaired) electrons. The molecule has 1 rings (SSSR count). The third-order valence-corrected chi connectivity index (χ3v) is 3.31. The van der Waals surface area contributed by atoms with E-state index < -0.39 is 17.5 Å². The Labute approximate surface area is 113 Å². The van der Waals surface area contributed by atoms with Gasteiger partial charge in [-0.15, -0.1) is 0 Å². The summed E-state index contributed by atoms with van der Waals surface area (Å²) in [5.74, 6) is -0.369. The molecule has 0 aliphatic rings. The summed E-state index contributed by atoms with van der Waals surface area (Å²) in [7, 11) is 0. The van der Waals surface area contributed by atoms with Gasteiger partial charge in [0.05, 0.1) is 5.56 Å². The maximum absolute atomic E-state index is 12.8. The average Bonchev–Trinajstić information content (AvgIpc) is 2.27. The summed E-state index contributed by atoms with van der Waals surface area (Å²) in [5.41, 5.74) is -1.11. The normalized spacial score (nSPS) is 13.4. The molecule has 1 aromatic carbocycles. The number of hydrogen-bond donors (Lipinski definition) is 0. The Morgan fingerprint density at radius 2 is 2.00 bits per heavy atom. The van der Waals surface area contributed by atoms with Crippen LogP contribution in [0.1, 0.15) is 42.6 Å². The Morgan fingerprint density at radius 1 is 1.39 bits per heavy atom. The maximum Gasteiger partial charge on any atom is 0.417 e. The quantitative estimate of drug-likeness (QED) is 0.706. The minimum Gasteiger partial charge on any atom is -0.294 e. The van der Waals surface area contributed by atoms with E-state index in [-0.39, 0.29) is 17.9 Å². The van der Waals surface area contributed by atoms with Crippen molar-refractivity contribution >= 4 is 21.7 Å². The van der Waals surface area contributed by atoms with Gasteiger partial charge in [0.25, 0.3) is 0 Å². The second-order valence-electron chi connectivity index (χ2n) is 4.33. The zero-order valence-electron chi connectivity index (χ0n) is 10.1. The largest absolute Gasteiger partial charge is 0.417 e. The lowest BCUT2D eigenvalue weighted by molar-refractivity contribution is -0.138. The molecule has 0 aliphatic heterocycles. The third-order valence-electron chi connectivity index (χ3n) is 2.82. The SMILES string of the molecule is CCC(C)CC(=O)c1ccc(Br)cc1C(F)(F)F. The number of carbonyl (C=O) groups excluding carboxylic acids is 1. The van der Waals surface area contributed by atoms with E-state index in [2.05, 4.69) is 15.9 Å². The molecule has 1 aromatic rings. The molecule has 0 fully saturated rings. The van der Waals surface area contributed by atoms with Crippen molar-refractivity contribution in [3.63, 3.8) is 0 Å². The molecule has 1 atom stereocenters. The van der Waals surface area contributed by atoms with Crippen molar-refractivity contribution in [2.24, 2.45) is 5.92 Å². The molecule has 1 nitrogen and oxygen atoms in total. The van der Waals surface area contributed by atoms with Crippen molar-refractivity contribution in [1.82, 2.24) is 0 Å². The first-order chi connectivity index (χ1) is 8.25. The van der Waals surface area contributed by atoms with Crippen LogP contribution >= 0.6 is 15.9 Å². The number of ketones is 1. The summed E-state index contributed by atoms with van der Waals surface area (Å²) in [5, 5.41) is 0. The Hall–Kier alpha value is -0.840. The van der Waals surface area contributed by atoms with Crippen LogP contribution in [-0.4, -0.2) is 5.78 Å². The van der Waals surface area contributed by atoms with E-state index in [1.807, 2.05) is 13.8 Å². The van der Waals surface area contributed by atoms with Gasteiger partial charge < -0.3 is 0 Å². The second-order valence-corrected chi connectivity index (χ2v) is 5.24. The highest BCUT2D eigenvalue weighted by Crippen LogP contribution is 2.34. The van der Waals surface area contributed by atoms with Crippen LogP contribution in [0.5, 0.6) is 0 Å². The van der Waals surface area contributed by atoms with Gasteiger partial charge in [-0.25, -0.2) is 0 Å². The molecule has 18 heavy (non-hydrogen) atoms. The van der Waals surface area contributed by atoms with E-state index in [0.29, 0.717) is 4.47 Å². The van der Waals surface area contributed by atoms with Gasteiger partial charge in [-0.3, -0.25) is 4.79 Å². The summed E-state index contributed by atoms with van der Waals surface area (Å²) in [6, 6.07) is 3.64. The molecule has 0 saturated heterocycles. The predicted octanol–water partition coefficient (Wildman–Crippen LogP) is 5.09. The Kier molecular flexibility index (Phi) is 4.96. The summed E-state index contributed by atoms with van der Waals surface area (Å²) in [4.78, 5) is 11.9. The summed E-state index contributed by atoms with van der Waals surface area (Å²) < 4.78 is 38.8. The number of hydrogen-bond acceptors (Lipinski definition) is 1. The summed E-state index contributed by atoms with van der Waals surface area (Å²) in [6.45, 7) is 3.76. The first-order valence-electron chi connectivity index (χ1n) is 5.65. The van der Waals surface area contributed by atoms with Crippen molar-refractivity contribution in [2.45, 2.75) is 32.9 Å². The Bertz CT molecular complexity index is 440. The molecule has 0 spiro atoms. The van der Waals surface area contributed by atoms with Gasteiger partial charge >= 0.3 is 6.18 Å². The second kappa shape index (κ2) is 5.87. The monoisotopic (exact) mass is 322 g/mol. The first kappa shape index (κ1) is 15.2. The van der Waals surface area contributed by atoms with Gasteiger partial charge in [0.1, 0.15) is 0 Å². The molecule has 0 amide bonds. The molecule has 100 valence electrons. The lowest BCUT2D eigenvalue weighted by atomic mass is 9.95. The molecule has 1 unspecified atom stereocenters. The number of alkyl halides is 3. The highest BCUT2D eigenvalue weighted by atomic mass is 79.9. The topological polar surface area (TPSA) is 17.1 Å². The fourth-order valence-electron chi connectivity index (χ4n) is 1.56. The summed E-state index contributed by atoms with van der Waals surface area (Å²) >= 11 is 2.99. The van der Waals surface area contributed by atoms with E-state index in [4.69, 9.17) is 0 Å². The molecule has 0 aliphatic carbocycles. The van der Waals surface area contributed by atoms with Crippen LogP contribution in [0.2, 0.25) is 0 Å². The van der Waals surface area contributed by atoms with Gasteiger partial charge in [-0.1, -0.05) is 36.2 Å². The molecule has 0 heterocycles. The van der Waals surface area contributed by atoms with Crippen LogP contribution in [0, 0.1) is 5.92 Å². The third kappa shape index (κ3) is 3.83. The Balaban J connectivity index is 3.12. The minimum atomic E-state index is -4.51. The predicted molar refractivity (Wildman–Crippen MR) is 67.5 cm³/mol.